The molecule has 0 radical (unpaired) electrons. The fraction of sp³-hybridized carbons (Fsp3) is 0. The molecular formula is C9H7BrO2. The molecule has 0 atom stereocenters. The number of esters is 1. The number of carbonyl (C=O) groups is 1. The average Bonchev–Trinajstić information content (AvgIpc) is 2.05. The Morgan fingerprint density at radius 1 is 1.50 bits per heavy atom. The van der Waals surface area contributed by atoms with Crippen molar-refractivity contribution in [3.63, 3.8) is 0 Å². The third-order valence-electron chi connectivity index (χ3n) is 1.28. The molecule has 0 aliphatic carbocycles. The maximum atomic E-state index is 11.1. The zero-order chi connectivity index (χ0) is 8.97. The van der Waals surface area contributed by atoms with Crippen molar-refractivity contribution in [2.24, 2.45) is 0 Å². The normalized spacial score (nSPS) is 9.08. The van der Waals surface area contributed by atoms with Crippen molar-refractivity contribution in [1.29, 1.82) is 0 Å². The molecule has 0 spiro atoms. The minimum Gasteiger partial charge on any atom is -0.432 e. The van der Waals surface area contributed by atoms with Crippen LogP contribution in [0.5, 0.6) is 0 Å². The van der Waals surface area contributed by atoms with Crippen LogP contribution < -0.4 is 0 Å². The molecule has 0 N–H and O–H groups in total. The summed E-state index contributed by atoms with van der Waals surface area (Å²) in [4.78, 5) is 11.1. The van der Waals surface area contributed by atoms with Crippen molar-refractivity contribution >= 4 is 21.9 Å². The van der Waals surface area contributed by atoms with Crippen LogP contribution in [0.1, 0.15) is 10.4 Å². The minimum absolute atomic E-state index is 0.405. The van der Waals surface area contributed by atoms with E-state index in [1.54, 1.807) is 18.2 Å². The van der Waals surface area contributed by atoms with E-state index in [0.29, 0.717) is 5.56 Å². The van der Waals surface area contributed by atoms with Crippen molar-refractivity contribution in [2.45, 2.75) is 0 Å². The first-order valence-electron chi connectivity index (χ1n) is 3.32. The quantitative estimate of drug-likeness (QED) is 0.573. The molecule has 0 aliphatic heterocycles. The fourth-order valence-corrected chi connectivity index (χ4v) is 1.21. The molecule has 2 nitrogen and oxygen atoms in total. The van der Waals surface area contributed by atoms with Crippen molar-refractivity contribution < 1.29 is 9.53 Å². The van der Waals surface area contributed by atoms with Gasteiger partial charge in [-0.05, 0) is 28.1 Å². The van der Waals surface area contributed by atoms with Crippen LogP contribution in [0.4, 0.5) is 0 Å². The Labute approximate surface area is 79.0 Å². The summed E-state index contributed by atoms with van der Waals surface area (Å²) < 4.78 is 5.32. The van der Waals surface area contributed by atoms with Gasteiger partial charge in [0, 0.05) is 4.47 Å². The second kappa shape index (κ2) is 4.07. The van der Waals surface area contributed by atoms with Crippen molar-refractivity contribution in [3.05, 3.63) is 47.1 Å². The molecule has 62 valence electrons. The number of benzene rings is 1. The zero-order valence-electron chi connectivity index (χ0n) is 6.29. The largest absolute Gasteiger partial charge is 0.432 e. The van der Waals surface area contributed by atoms with Crippen LogP contribution >= 0.6 is 15.9 Å². The number of halogens is 1. The Hall–Kier alpha value is -1.09. The van der Waals surface area contributed by atoms with Crippen LogP contribution in [0.15, 0.2) is 41.6 Å². The Kier molecular flexibility index (Phi) is 3.05. The molecule has 12 heavy (non-hydrogen) atoms. The molecule has 1 aromatic rings. The van der Waals surface area contributed by atoms with E-state index in [1.807, 2.05) is 6.07 Å². The number of hydrogen-bond donors (Lipinski definition) is 0. The molecule has 0 amide bonds. The lowest BCUT2D eigenvalue weighted by atomic mass is 10.2. The lowest BCUT2D eigenvalue weighted by Crippen LogP contribution is -2.00. The molecule has 0 heterocycles. The van der Waals surface area contributed by atoms with Gasteiger partial charge in [0.2, 0.25) is 0 Å². The first-order chi connectivity index (χ1) is 5.75. The van der Waals surface area contributed by atoms with E-state index < -0.39 is 5.97 Å². The molecule has 0 saturated carbocycles. The van der Waals surface area contributed by atoms with Gasteiger partial charge in [0.15, 0.2) is 0 Å². The number of carbonyl (C=O) groups excluding carboxylic acids is 1. The van der Waals surface area contributed by atoms with Gasteiger partial charge in [0.1, 0.15) is 0 Å². The molecule has 0 aromatic heterocycles. The smallest absolute Gasteiger partial charge is 0.344 e. The Morgan fingerprint density at radius 3 is 2.75 bits per heavy atom. The molecule has 0 unspecified atom stereocenters. The summed E-state index contributed by atoms with van der Waals surface area (Å²) >= 11 is 3.23. The highest BCUT2D eigenvalue weighted by Gasteiger charge is 2.08. The molecule has 1 rings (SSSR count). The van der Waals surface area contributed by atoms with E-state index in [0.717, 1.165) is 10.7 Å². The molecule has 0 bridgehead atoms. The maximum absolute atomic E-state index is 11.1. The van der Waals surface area contributed by atoms with Crippen LogP contribution in [0, 0.1) is 0 Å². The summed E-state index contributed by atoms with van der Waals surface area (Å²) in [5, 5.41) is 0. The van der Waals surface area contributed by atoms with Crippen LogP contribution in [0.25, 0.3) is 0 Å². The molecule has 0 fully saturated rings. The summed E-state index contributed by atoms with van der Waals surface area (Å²) in [6.07, 6.45) is 1.11. The Morgan fingerprint density at radius 2 is 2.17 bits per heavy atom. The van der Waals surface area contributed by atoms with Crippen molar-refractivity contribution in [1.82, 2.24) is 0 Å². The lowest BCUT2D eigenvalue weighted by molar-refractivity contribution is 0.0663. The molecular weight excluding hydrogens is 220 g/mol. The fourth-order valence-electron chi connectivity index (χ4n) is 0.766. The number of ether oxygens (including phenoxy) is 1. The third-order valence-corrected chi connectivity index (χ3v) is 1.98. The van der Waals surface area contributed by atoms with E-state index >= 15 is 0 Å². The Bertz CT molecular complexity index is 307. The summed E-state index contributed by atoms with van der Waals surface area (Å²) in [6, 6.07) is 7.05. The van der Waals surface area contributed by atoms with E-state index in [-0.39, 0.29) is 0 Å². The highest BCUT2D eigenvalue weighted by molar-refractivity contribution is 9.10. The second-order valence-electron chi connectivity index (χ2n) is 2.05. The third kappa shape index (κ3) is 1.95. The first kappa shape index (κ1) is 9.00. The van der Waals surface area contributed by atoms with Gasteiger partial charge in [-0.25, -0.2) is 4.79 Å². The molecule has 0 saturated heterocycles. The van der Waals surface area contributed by atoms with E-state index in [4.69, 9.17) is 0 Å². The number of hydrogen-bond acceptors (Lipinski definition) is 2. The van der Waals surface area contributed by atoms with Gasteiger partial charge in [-0.1, -0.05) is 18.7 Å². The topological polar surface area (TPSA) is 26.3 Å². The van der Waals surface area contributed by atoms with Gasteiger partial charge in [0.05, 0.1) is 11.8 Å². The first-order valence-corrected chi connectivity index (χ1v) is 4.11. The summed E-state index contributed by atoms with van der Waals surface area (Å²) in [5.74, 6) is -0.405. The van der Waals surface area contributed by atoms with Crippen molar-refractivity contribution in [2.75, 3.05) is 0 Å². The van der Waals surface area contributed by atoms with Crippen LogP contribution in [0.2, 0.25) is 0 Å². The van der Waals surface area contributed by atoms with Gasteiger partial charge < -0.3 is 4.74 Å². The molecule has 3 heteroatoms. The standard InChI is InChI=1S/C9H7BrO2/c1-2-12-9(11)7-5-3-4-6-8(7)10/h2-6H,1H2. The lowest BCUT2D eigenvalue weighted by Gasteiger charge is -2.00. The highest BCUT2D eigenvalue weighted by Crippen LogP contribution is 2.16. The van der Waals surface area contributed by atoms with Gasteiger partial charge in [-0.15, -0.1) is 0 Å². The molecule has 0 aliphatic rings. The summed E-state index contributed by atoms with van der Waals surface area (Å²) in [6.45, 7) is 3.30. The maximum Gasteiger partial charge on any atom is 0.344 e. The van der Waals surface area contributed by atoms with Crippen LogP contribution in [0.3, 0.4) is 0 Å². The minimum atomic E-state index is -0.405. The summed E-state index contributed by atoms with van der Waals surface area (Å²) in [5.41, 5.74) is 0.498. The second-order valence-corrected chi connectivity index (χ2v) is 2.91. The zero-order valence-corrected chi connectivity index (χ0v) is 7.87. The van der Waals surface area contributed by atoms with Crippen LogP contribution in [-0.2, 0) is 4.74 Å². The SMILES string of the molecule is C=COC(=O)c1ccccc1Br. The van der Waals surface area contributed by atoms with Gasteiger partial charge in [0.25, 0.3) is 0 Å². The van der Waals surface area contributed by atoms with Crippen molar-refractivity contribution in [3.8, 4) is 0 Å². The van der Waals surface area contributed by atoms with E-state index in [1.165, 1.54) is 0 Å². The van der Waals surface area contributed by atoms with Gasteiger partial charge in [-0.2, -0.15) is 0 Å². The summed E-state index contributed by atoms with van der Waals surface area (Å²) in [7, 11) is 0. The Balaban J connectivity index is 2.94. The monoisotopic (exact) mass is 226 g/mol. The average molecular weight is 227 g/mol. The van der Waals surface area contributed by atoms with E-state index in [9.17, 15) is 4.79 Å². The van der Waals surface area contributed by atoms with Gasteiger partial charge >= 0.3 is 5.97 Å². The predicted octanol–water partition coefficient (Wildman–Crippen LogP) is 2.75. The van der Waals surface area contributed by atoms with E-state index in [2.05, 4.69) is 27.2 Å². The van der Waals surface area contributed by atoms with Gasteiger partial charge in [-0.3, -0.25) is 0 Å². The van der Waals surface area contributed by atoms with Crippen LogP contribution in [-0.4, -0.2) is 5.97 Å². The predicted molar refractivity (Wildman–Crippen MR) is 49.8 cm³/mol. The molecule has 1 aromatic carbocycles. The number of rotatable bonds is 2. The highest BCUT2D eigenvalue weighted by atomic mass is 79.9.